The molecule has 0 atom stereocenters. The molecule has 0 bridgehead atoms. The quantitative estimate of drug-likeness (QED) is 0.448. The first-order chi connectivity index (χ1) is 15.1. The molecular formula is C25H30N4O2. The van der Waals surface area contributed by atoms with Crippen LogP contribution >= 0.6 is 0 Å². The maximum atomic E-state index is 12.4. The van der Waals surface area contributed by atoms with Gasteiger partial charge in [-0.3, -0.25) is 9.59 Å². The molecule has 6 heteroatoms. The summed E-state index contributed by atoms with van der Waals surface area (Å²) in [6, 6.07) is 13.5. The summed E-state index contributed by atoms with van der Waals surface area (Å²) in [5.41, 5.74) is 4.24. The lowest BCUT2D eigenvalue weighted by atomic mass is 9.88. The molecular weight excluding hydrogens is 388 g/mol. The van der Waals surface area contributed by atoms with Crippen molar-refractivity contribution in [2.45, 2.75) is 58.3 Å². The van der Waals surface area contributed by atoms with E-state index >= 15 is 0 Å². The molecule has 2 aromatic carbocycles. The Balaban J connectivity index is 1.43. The molecule has 1 aliphatic carbocycles. The summed E-state index contributed by atoms with van der Waals surface area (Å²) in [5.74, 6) is 1.06. The number of rotatable bonds is 7. The van der Waals surface area contributed by atoms with Gasteiger partial charge < -0.3 is 15.6 Å². The second-order valence-corrected chi connectivity index (χ2v) is 8.37. The van der Waals surface area contributed by atoms with Crippen molar-refractivity contribution in [3.05, 3.63) is 42.5 Å². The first-order valence-electron chi connectivity index (χ1n) is 11.3. The molecule has 162 valence electrons. The van der Waals surface area contributed by atoms with Gasteiger partial charge in [0.1, 0.15) is 5.82 Å². The van der Waals surface area contributed by atoms with Gasteiger partial charge in [0.2, 0.25) is 11.8 Å². The van der Waals surface area contributed by atoms with Gasteiger partial charge in [-0.15, -0.1) is 0 Å². The Morgan fingerprint density at radius 1 is 1.00 bits per heavy atom. The van der Waals surface area contributed by atoms with Crippen LogP contribution in [-0.4, -0.2) is 21.8 Å². The van der Waals surface area contributed by atoms with Gasteiger partial charge in [-0.25, -0.2) is 4.98 Å². The predicted octanol–water partition coefficient (Wildman–Crippen LogP) is 5.88. The molecule has 1 heterocycles. The number of anilines is 2. The number of carbonyl (C=O) groups excluding carboxylic acids is 2. The number of unbranched alkanes of at least 4 members (excludes halogenated alkanes) is 1. The molecule has 0 aliphatic heterocycles. The lowest BCUT2D eigenvalue weighted by Gasteiger charge is -2.20. The third-order valence-corrected chi connectivity index (χ3v) is 5.92. The molecule has 3 N–H and O–H groups in total. The minimum absolute atomic E-state index is 0.0341. The number of nitrogens with zero attached hydrogens (tertiary/aromatic N) is 1. The number of benzene rings is 2. The Hall–Kier alpha value is -3.15. The van der Waals surface area contributed by atoms with Crippen LogP contribution in [0.5, 0.6) is 0 Å². The van der Waals surface area contributed by atoms with Crippen LogP contribution in [0.15, 0.2) is 42.5 Å². The van der Waals surface area contributed by atoms with Crippen LogP contribution in [0.4, 0.5) is 11.4 Å². The van der Waals surface area contributed by atoms with Gasteiger partial charge in [0.25, 0.3) is 0 Å². The zero-order chi connectivity index (χ0) is 21.6. The number of aromatic nitrogens is 2. The van der Waals surface area contributed by atoms with Crippen LogP contribution in [0.1, 0.15) is 58.3 Å². The molecule has 1 aromatic heterocycles. The number of aromatic amines is 1. The number of imidazole rings is 1. The standard InChI is InChI=1S/C25H30N4O2/c1-2-3-9-23(30)26-20-14-15-21-22(16-20)29-24(28-21)17-10-12-19(13-11-17)27-25(31)18-7-5-4-6-8-18/h10-16,18H,2-9H2,1H3,(H,26,30)(H,27,31)(H,28,29). The summed E-state index contributed by atoms with van der Waals surface area (Å²) in [5, 5.41) is 5.99. The van der Waals surface area contributed by atoms with E-state index in [1.54, 1.807) is 0 Å². The van der Waals surface area contributed by atoms with Crippen LogP contribution in [0.3, 0.4) is 0 Å². The highest BCUT2D eigenvalue weighted by Gasteiger charge is 2.21. The summed E-state index contributed by atoms with van der Waals surface area (Å²) in [6.07, 6.45) is 7.93. The lowest BCUT2D eigenvalue weighted by Crippen LogP contribution is -2.24. The highest BCUT2D eigenvalue weighted by molar-refractivity contribution is 5.94. The number of H-pyrrole nitrogens is 1. The maximum absolute atomic E-state index is 12.4. The molecule has 31 heavy (non-hydrogen) atoms. The number of hydrogen-bond acceptors (Lipinski definition) is 3. The average Bonchev–Trinajstić information content (AvgIpc) is 3.22. The van der Waals surface area contributed by atoms with Gasteiger partial charge in [0, 0.05) is 29.3 Å². The first kappa shape index (κ1) is 21.1. The van der Waals surface area contributed by atoms with Crippen molar-refractivity contribution in [3.8, 4) is 11.4 Å². The van der Waals surface area contributed by atoms with Crippen LogP contribution in [0, 0.1) is 5.92 Å². The number of hydrogen-bond donors (Lipinski definition) is 3. The molecule has 0 radical (unpaired) electrons. The van der Waals surface area contributed by atoms with Crippen LogP contribution in [0.25, 0.3) is 22.4 Å². The number of carbonyl (C=O) groups is 2. The summed E-state index contributed by atoms with van der Waals surface area (Å²) in [7, 11) is 0. The Morgan fingerprint density at radius 2 is 1.74 bits per heavy atom. The van der Waals surface area contributed by atoms with E-state index in [2.05, 4.69) is 27.5 Å². The van der Waals surface area contributed by atoms with Crippen molar-refractivity contribution in [2.24, 2.45) is 5.92 Å². The van der Waals surface area contributed by atoms with E-state index in [9.17, 15) is 9.59 Å². The van der Waals surface area contributed by atoms with E-state index in [1.165, 1.54) is 6.42 Å². The van der Waals surface area contributed by atoms with Crippen molar-refractivity contribution in [1.29, 1.82) is 0 Å². The van der Waals surface area contributed by atoms with E-state index in [1.807, 2.05) is 42.5 Å². The zero-order valence-electron chi connectivity index (χ0n) is 18.0. The van der Waals surface area contributed by atoms with E-state index < -0.39 is 0 Å². The molecule has 3 aromatic rings. The van der Waals surface area contributed by atoms with Crippen molar-refractivity contribution >= 4 is 34.2 Å². The fourth-order valence-electron chi connectivity index (χ4n) is 4.11. The van der Waals surface area contributed by atoms with Crippen molar-refractivity contribution in [3.63, 3.8) is 0 Å². The molecule has 0 saturated heterocycles. The zero-order valence-corrected chi connectivity index (χ0v) is 18.0. The summed E-state index contributed by atoms with van der Waals surface area (Å²) < 4.78 is 0. The molecule has 0 unspecified atom stereocenters. The highest BCUT2D eigenvalue weighted by atomic mass is 16.2. The number of amides is 2. The summed E-state index contributed by atoms with van der Waals surface area (Å²) >= 11 is 0. The Labute approximate surface area is 182 Å². The molecule has 1 saturated carbocycles. The molecule has 1 fully saturated rings. The van der Waals surface area contributed by atoms with Gasteiger partial charge >= 0.3 is 0 Å². The van der Waals surface area contributed by atoms with Crippen LogP contribution < -0.4 is 10.6 Å². The number of nitrogens with one attached hydrogen (secondary N) is 3. The fourth-order valence-corrected chi connectivity index (χ4v) is 4.11. The Bertz CT molecular complexity index is 1050. The average molecular weight is 419 g/mol. The van der Waals surface area contributed by atoms with Crippen molar-refractivity contribution in [2.75, 3.05) is 10.6 Å². The van der Waals surface area contributed by atoms with Gasteiger partial charge in [0.05, 0.1) is 11.0 Å². The Morgan fingerprint density at radius 3 is 2.48 bits per heavy atom. The van der Waals surface area contributed by atoms with Gasteiger partial charge in [-0.05, 0) is 61.7 Å². The summed E-state index contributed by atoms with van der Waals surface area (Å²) in [4.78, 5) is 32.4. The smallest absolute Gasteiger partial charge is 0.227 e. The molecule has 6 nitrogen and oxygen atoms in total. The summed E-state index contributed by atoms with van der Waals surface area (Å²) in [6.45, 7) is 2.07. The lowest BCUT2D eigenvalue weighted by molar-refractivity contribution is -0.120. The topological polar surface area (TPSA) is 86.9 Å². The first-order valence-corrected chi connectivity index (χ1v) is 11.3. The van der Waals surface area contributed by atoms with Gasteiger partial charge in [0.15, 0.2) is 0 Å². The molecule has 0 spiro atoms. The fraction of sp³-hybridized carbons (Fsp3) is 0.400. The van der Waals surface area contributed by atoms with E-state index in [-0.39, 0.29) is 17.7 Å². The third-order valence-electron chi connectivity index (χ3n) is 5.92. The van der Waals surface area contributed by atoms with E-state index in [4.69, 9.17) is 0 Å². The normalized spacial score (nSPS) is 14.5. The largest absolute Gasteiger partial charge is 0.338 e. The second-order valence-electron chi connectivity index (χ2n) is 8.37. The molecule has 2 amide bonds. The van der Waals surface area contributed by atoms with Crippen LogP contribution in [0.2, 0.25) is 0 Å². The third kappa shape index (κ3) is 5.32. The Kier molecular flexibility index (Phi) is 6.65. The molecule has 1 aliphatic rings. The maximum Gasteiger partial charge on any atom is 0.227 e. The minimum Gasteiger partial charge on any atom is -0.338 e. The SMILES string of the molecule is CCCCC(=O)Nc1ccc2nc(-c3ccc(NC(=O)C4CCCCC4)cc3)[nH]c2c1. The van der Waals surface area contributed by atoms with Crippen LogP contribution in [-0.2, 0) is 9.59 Å². The molecule has 4 rings (SSSR count). The van der Waals surface area contributed by atoms with Crippen molar-refractivity contribution in [1.82, 2.24) is 9.97 Å². The van der Waals surface area contributed by atoms with E-state index in [0.29, 0.717) is 6.42 Å². The number of fused-ring (bicyclic) bond motifs is 1. The monoisotopic (exact) mass is 418 g/mol. The van der Waals surface area contributed by atoms with Gasteiger partial charge in [-0.2, -0.15) is 0 Å². The van der Waals surface area contributed by atoms with Gasteiger partial charge in [-0.1, -0.05) is 32.6 Å². The predicted molar refractivity (Wildman–Crippen MR) is 125 cm³/mol. The van der Waals surface area contributed by atoms with Crippen molar-refractivity contribution < 1.29 is 9.59 Å². The van der Waals surface area contributed by atoms with E-state index in [0.717, 1.165) is 72.3 Å². The minimum atomic E-state index is 0.0341. The second kappa shape index (κ2) is 9.77. The highest BCUT2D eigenvalue weighted by Crippen LogP contribution is 2.27.